The van der Waals surface area contributed by atoms with Crippen LogP contribution < -0.4 is 5.32 Å². The fraction of sp³-hybridized carbons (Fsp3) is 0.231. The van der Waals surface area contributed by atoms with E-state index in [0.29, 0.717) is 35.4 Å². The zero-order valence-electron chi connectivity index (χ0n) is 20.2. The third kappa shape index (κ3) is 4.41. The molecule has 1 saturated carbocycles. The molecule has 1 aliphatic rings. The van der Waals surface area contributed by atoms with Crippen LogP contribution in [-0.4, -0.2) is 44.7 Å². The predicted octanol–water partition coefficient (Wildman–Crippen LogP) is 3.66. The number of carbonyl (C=O) groups is 1. The fourth-order valence-corrected chi connectivity index (χ4v) is 4.84. The van der Waals surface area contributed by atoms with Gasteiger partial charge in [0.05, 0.1) is 54.5 Å². The molecule has 0 radical (unpaired) electrons. The van der Waals surface area contributed by atoms with Crippen molar-refractivity contribution in [3.63, 3.8) is 0 Å². The molecule has 0 aromatic carbocycles. The van der Waals surface area contributed by atoms with Crippen LogP contribution in [0.15, 0.2) is 66.3 Å². The maximum atomic E-state index is 12.8. The van der Waals surface area contributed by atoms with E-state index in [4.69, 9.17) is 21.0 Å². The molecule has 0 spiro atoms. The first-order valence-electron chi connectivity index (χ1n) is 12.3. The Kier molecular flexibility index (Phi) is 5.43. The second-order valence-electron chi connectivity index (χ2n) is 9.48. The molecule has 0 bridgehead atoms. The number of imidazole rings is 2. The van der Waals surface area contributed by atoms with E-state index in [1.54, 1.807) is 29.5 Å². The van der Waals surface area contributed by atoms with Crippen LogP contribution in [0.4, 0.5) is 0 Å². The topological polar surface area (TPSA) is 120 Å². The van der Waals surface area contributed by atoms with E-state index in [1.165, 1.54) is 24.8 Å². The van der Waals surface area contributed by atoms with Crippen LogP contribution in [0.1, 0.15) is 57.5 Å². The van der Waals surface area contributed by atoms with Crippen LogP contribution in [0.5, 0.6) is 0 Å². The number of nitrogens with one attached hydrogen (secondary N) is 1. The second kappa shape index (κ2) is 9.10. The highest BCUT2D eigenvalue weighted by Crippen LogP contribution is 2.40. The number of halogens is 1. The zero-order valence-corrected chi connectivity index (χ0v) is 20.9. The summed E-state index contributed by atoms with van der Waals surface area (Å²) in [6.45, 7) is 0.706. The minimum atomic E-state index is -0.231. The molecule has 1 fully saturated rings. The predicted molar refractivity (Wildman–Crippen MR) is 137 cm³/mol. The summed E-state index contributed by atoms with van der Waals surface area (Å²) >= 11 is 6.11. The number of fused-ring (bicyclic) bond motifs is 2. The van der Waals surface area contributed by atoms with Crippen molar-refractivity contribution in [2.75, 3.05) is 0 Å². The van der Waals surface area contributed by atoms with Gasteiger partial charge in [0.25, 0.3) is 5.91 Å². The Balaban J connectivity index is 1.08. The summed E-state index contributed by atoms with van der Waals surface area (Å²) in [6.07, 6.45) is 15.2. The van der Waals surface area contributed by atoms with Crippen molar-refractivity contribution in [1.29, 1.82) is 0 Å². The molecule has 190 valence electrons. The average molecular weight is 528 g/mol. The van der Waals surface area contributed by atoms with Gasteiger partial charge in [-0.3, -0.25) is 9.48 Å². The lowest BCUT2D eigenvalue weighted by molar-refractivity contribution is 0.0950. The Hall–Kier alpha value is -4.51. The Morgan fingerprint density at radius 3 is 2.95 bits per heavy atom. The maximum Gasteiger partial charge on any atom is 0.254 e. The van der Waals surface area contributed by atoms with Crippen molar-refractivity contribution < 1.29 is 9.21 Å². The van der Waals surface area contributed by atoms with Gasteiger partial charge in [0.2, 0.25) is 12.3 Å². The highest BCUT2D eigenvalue weighted by Gasteiger charge is 2.25. The minimum Gasteiger partial charge on any atom is -0.428 e. The average Bonchev–Trinajstić information content (AvgIpc) is 3.28. The molecule has 0 saturated heterocycles. The standard InChI is InChI=1S/C26H22ClN9O2/c27-20-3-4-34-14-29-22(23(34)7-20)9-28-26(37)19-8-31-36(11-19)13-21-12-35-10-18(16-1-2-16)5-17(25(35)32-21)6-24-33-30-15-38-24/h3-5,7-8,10-12,14-16H,1-2,6,9,13H2,(H,28,37). The Morgan fingerprint density at radius 2 is 2.11 bits per heavy atom. The number of pyridine rings is 2. The summed E-state index contributed by atoms with van der Waals surface area (Å²) in [6, 6.07) is 5.81. The molecule has 1 N–H and O–H groups in total. The van der Waals surface area contributed by atoms with Crippen LogP contribution in [0.3, 0.4) is 0 Å². The van der Waals surface area contributed by atoms with E-state index in [0.717, 1.165) is 28.1 Å². The van der Waals surface area contributed by atoms with E-state index < -0.39 is 0 Å². The lowest BCUT2D eigenvalue weighted by Crippen LogP contribution is -2.22. The summed E-state index contributed by atoms with van der Waals surface area (Å²) in [5.74, 6) is 0.917. The van der Waals surface area contributed by atoms with Gasteiger partial charge in [-0.1, -0.05) is 11.6 Å². The smallest absolute Gasteiger partial charge is 0.254 e. The first-order valence-corrected chi connectivity index (χ1v) is 12.6. The van der Waals surface area contributed by atoms with Gasteiger partial charge >= 0.3 is 0 Å². The summed E-state index contributed by atoms with van der Waals surface area (Å²) in [7, 11) is 0. The van der Waals surface area contributed by atoms with E-state index in [2.05, 4.69) is 42.3 Å². The molecular weight excluding hydrogens is 506 g/mol. The molecule has 0 aliphatic heterocycles. The van der Waals surface area contributed by atoms with Crippen molar-refractivity contribution in [3.8, 4) is 0 Å². The van der Waals surface area contributed by atoms with Crippen LogP contribution in [0.25, 0.3) is 11.2 Å². The molecule has 6 heterocycles. The number of hydrogen-bond acceptors (Lipinski definition) is 7. The molecule has 0 unspecified atom stereocenters. The first-order chi connectivity index (χ1) is 18.6. The molecule has 1 aliphatic carbocycles. The monoisotopic (exact) mass is 527 g/mol. The van der Waals surface area contributed by atoms with Gasteiger partial charge in [0, 0.05) is 35.4 Å². The van der Waals surface area contributed by atoms with E-state index in [-0.39, 0.29) is 12.5 Å². The van der Waals surface area contributed by atoms with Gasteiger partial charge < -0.3 is 18.5 Å². The molecule has 0 atom stereocenters. The number of amides is 1. The SMILES string of the molecule is O=C(NCc1ncn2ccc(Cl)cc12)c1cnn(Cc2cn3cc(C4CC4)cc(Cc4nnco4)c3n2)c1. The molecule has 7 rings (SSSR count). The van der Waals surface area contributed by atoms with Crippen molar-refractivity contribution >= 4 is 28.7 Å². The van der Waals surface area contributed by atoms with Crippen LogP contribution in [0.2, 0.25) is 5.02 Å². The number of carbonyl (C=O) groups excluding carboxylic acids is 1. The molecular formula is C26H22ClN9O2. The third-order valence-corrected chi connectivity index (χ3v) is 6.95. The van der Waals surface area contributed by atoms with E-state index >= 15 is 0 Å². The lowest BCUT2D eigenvalue weighted by atomic mass is 10.1. The zero-order chi connectivity index (χ0) is 25.6. The normalized spacial score (nSPS) is 13.5. The quantitative estimate of drug-likeness (QED) is 0.320. The van der Waals surface area contributed by atoms with Crippen molar-refractivity contribution in [3.05, 3.63) is 101 Å². The van der Waals surface area contributed by atoms with Gasteiger partial charge in [0.15, 0.2) is 0 Å². The van der Waals surface area contributed by atoms with E-state index in [9.17, 15) is 4.79 Å². The summed E-state index contributed by atoms with van der Waals surface area (Å²) in [5.41, 5.74) is 6.06. The summed E-state index contributed by atoms with van der Waals surface area (Å²) < 4.78 is 11.0. The molecule has 38 heavy (non-hydrogen) atoms. The number of rotatable bonds is 8. The Bertz CT molecular complexity index is 1780. The fourth-order valence-electron chi connectivity index (χ4n) is 4.68. The van der Waals surface area contributed by atoms with Crippen molar-refractivity contribution in [2.24, 2.45) is 0 Å². The maximum absolute atomic E-state index is 12.8. The van der Waals surface area contributed by atoms with Crippen LogP contribution >= 0.6 is 11.6 Å². The number of aromatic nitrogens is 8. The molecule has 11 nitrogen and oxygen atoms in total. The first kappa shape index (κ1) is 22.7. The van der Waals surface area contributed by atoms with Gasteiger partial charge in [-0.15, -0.1) is 10.2 Å². The lowest BCUT2D eigenvalue weighted by Gasteiger charge is -2.05. The summed E-state index contributed by atoms with van der Waals surface area (Å²) in [5, 5.41) is 15.7. The number of nitrogens with zero attached hydrogens (tertiary/aromatic N) is 8. The largest absolute Gasteiger partial charge is 0.428 e. The molecule has 6 aromatic rings. The van der Waals surface area contributed by atoms with Crippen molar-refractivity contribution in [1.82, 2.24) is 44.1 Å². The van der Waals surface area contributed by atoms with Crippen LogP contribution in [0, 0.1) is 0 Å². The van der Waals surface area contributed by atoms with Gasteiger partial charge in [-0.05, 0) is 42.5 Å². The summed E-state index contributed by atoms with van der Waals surface area (Å²) in [4.78, 5) is 22.0. The molecule has 1 amide bonds. The van der Waals surface area contributed by atoms with Crippen molar-refractivity contribution in [2.45, 2.75) is 38.3 Å². The number of hydrogen-bond donors (Lipinski definition) is 1. The minimum absolute atomic E-state index is 0.231. The van der Waals surface area contributed by atoms with Gasteiger partial charge in [-0.25, -0.2) is 9.97 Å². The third-order valence-electron chi connectivity index (χ3n) is 6.71. The Morgan fingerprint density at radius 1 is 1.18 bits per heavy atom. The molecule has 6 aromatic heterocycles. The van der Waals surface area contributed by atoms with Gasteiger partial charge in [0.1, 0.15) is 5.65 Å². The van der Waals surface area contributed by atoms with Gasteiger partial charge in [-0.2, -0.15) is 5.10 Å². The highest BCUT2D eigenvalue weighted by atomic mass is 35.5. The highest BCUT2D eigenvalue weighted by molar-refractivity contribution is 6.30. The Labute approximate surface area is 221 Å². The molecule has 12 heteroatoms. The van der Waals surface area contributed by atoms with Crippen LogP contribution in [-0.2, 0) is 19.5 Å². The van der Waals surface area contributed by atoms with E-state index in [1.807, 2.05) is 22.9 Å². The second-order valence-corrected chi connectivity index (χ2v) is 9.92.